The molecule has 1 aliphatic heterocycles. The summed E-state index contributed by atoms with van der Waals surface area (Å²) in [6.45, 7) is 4.80. The molecule has 2 nitrogen and oxygen atoms in total. The van der Waals surface area contributed by atoms with E-state index in [1.54, 1.807) is 0 Å². The maximum Gasteiger partial charge on any atom is 0.0409 e. The minimum atomic E-state index is 0.393. The lowest BCUT2D eigenvalue weighted by Crippen LogP contribution is -2.35. The van der Waals surface area contributed by atoms with Crippen LogP contribution in [-0.4, -0.2) is 31.1 Å². The standard InChI is InChI=1S/C17H27ClN2/c1-14-7-4-3-5-11-20(14)12-10-17(19-2)15-8-6-9-16(18)13-15/h6,8-9,13-14,17,19H,3-5,7,10-12H2,1-2H3. The molecule has 1 fully saturated rings. The van der Waals surface area contributed by atoms with Gasteiger partial charge < -0.3 is 10.2 Å². The second-order valence-corrected chi connectivity index (χ2v) is 6.36. The summed E-state index contributed by atoms with van der Waals surface area (Å²) in [6, 6.07) is 9.34. The van der Waals surface area contributed by atoms with Crippen LogP contribution in [0.4, 0.5) is 0 Å². The zero-order valence-electron chi connectivity index (χ0n) is 12.7. The minimum absolute atomic E-state index is 0.393. The van der Waals surface area contributed by atoms with Crippen LogP contribution < -0.4 is 5.32 Å². The van der Waals surface area contributed by atoms with E-state index in [-0.39, 0.29) is 0 Å². The summed E-state index contributed by atoms with van der Waals surface area (Å²) in [6.07, 6.45) is 6.63. The Kier molecular flexibility index (Phi) is 6.34. The summed E-state index contributed by atoms with van der Waals surface area (Å²) >= 11 is 6.10. The number of hydrogen-bond donors (Lipinski definition) is 1. The zero-order valence-corrected chi connectivity index (χ0v) is 13.5. The van der Waals surface area contributed by atoms with Crippen LogP contribution in [0.1, 0.15) is 50.6 Å². The van der Waals surface area contributed by atoms with Crippen molar-refractivity contribution in [2.45, 2.75) is 51.1 Å². The second-order valence-electron chi connectivity index (χ2n) is 5.92. The number of halogens is 1. The van der Waals surface area contributed by atoms with Gasteiger partial charge in [-0.1, -0.05) is 36.6 Å². The van der Waals surface area contributed by atoms with Crippen molar-refractivity contribution in [1.82, 2.24) is 10.2 Å². The summed E-state index contributed by atoms with van der Waals surface area (Å²) in [4.78, 5) is 2.65. The van der Waals surface area contributed by atoms with Crippen molar-refractivity contribution in [3.8, 4) is 0 Å². The molecular formula is C17H27ClN2. The molecule has 0 aliphatic carbocycles. The van der Waals surface area contributed by atoms with Gasteiger partial charge in [0.15, 0.2) is 0 Å². The lowest BCUT2D eigenvalue weighted by molar-refractivity contribution is 0.203. The normalized spacial score (nSPS) is 22.4. The molecule has 0 bridgehead atoms. The monoisotopic (exact) mass is 294 g/mol. The van der Waals surface area contributed by atoms with Crippen LogP contribution in [0.15, 0.2) is 24.3 Å². The van der Waals surface area contributed by atoms with Crippen molar-refractivity contribution in [3.05, 3.63) is 34.9 Å². The lowest BCUT2D eigenvalue weighted by Gasteiger charge is -2.29. The summed E-state index contributed by atoms with van der Waals surface area (Å²) in [5.41, 5.74) is 1.29. The Balaban J connectivity index is 1.93. The molecule has 2 unspecified atom stereocenters. The van der Waals surface area contributed by atoms with Crippen molar-refractivity contribution < 1.29 is 0 Å². The molecule has 0 spiro atoms. The van der Waals surface area contributed by atoms with Crippen molar-refractivity contribution in [2.24, 2.45) is 0 Å². The van der Waals surface area contributed by atoms with Crippen LogP contribution in [0.2, 0.25) is 5.02 Å². The topological polar surface area (TPSA) is 15.3 Å². The molecule has 1 aromatic carbocycles. The lowest BCUT2D eigenvalue weighted by atomic mass is 10.0. The second kappa shape index (κ2) is 8.02. The smallest absolute Gasteiger partial charge is 0.0409 e. The largest absolute Gasteiger partial charge is 0.313 e. The molecule has 1 aromatic rings. The quantitative estimate of drug-likeness (QED) is 0.873. The average molecular weight is 295 g/mol. The fraction of sp³-hybridized carbons (Fsp3) is 0.647. The highest BCUT2D eigenvalue weighted by Gasteiger charge is 2.18. The maximum atomic E-state index is 6.10. The molecule has 0 aromatic heterocycles. The van der Waals surface area contributed by atoms with Gasteiger partial charge in [0.05, 0.1) is 0 Å². The van der Waals surface area contributed by atoms with Gasteiger partial charge >= 0.3 is 0 Å². The molecule has 0 radical (unpaired) electrons. The molecule has 0 saturated carbocycles. The molecule has 112 valence electrons. The molecule has 0 amide bonds. The van der Waals surface area contributed by atoms with Crippen LogP contribution >= 0.6 is 11.6 Å². The predicted molar refractivity (Wildman–Crippen MR) is 87.4 cm³/mol. The third kappa shape index (κ3) is 4.47. The van der Waals surface area contributed by atoms with E-state index < -0.39 is 0 Å². The average Bonchev–Trinajstić information content (AvgIpc) is 2.65. The SMILES string of the molecule is CNC(CCN1CCCCCC1C)c1cccc(Cl)c1. The van der Waals surface area contributed by atoms with E-state index in [0.29, 0.717) is 6.04 Å². The number of nitrogens with one attached hydrogen (secondary N) is 1. The number of rotatable bonds is 5. The Bertz CT molecular complexity index is 408. The van der Waals surface area contributed by atoms with Crippen LogP contribution in [0.5, 0.6) is 0 Å². The summed E-state index contributed by atoms with van der Waals surface area (Å²) < 4.78 is 0. The molecule has 1 saturated heterocycles. The number of nitrogens with zero attached hydrogens (tertiary/aromatic N) is 1. The Labute approximate surface area is 128 Å². The van der Waals surface area contributed by atoms with Crippen molar-refractivity contribution in [2.75, 3.05) is 20.1 Å². The van der Waals surface area contributed by atoms with Crippen LogP contribution in [0.25, 0.3) is 0 Å². The predicted octanol–water partition coefficient (Wildman–Crippen LogP) is 4.26. The third-order valence-corrected chi connectivity index (χ3v) is 4.73. The van der Waals surface area contributed by atoms with E-state index in [9.17, 15) is 0 Å². The number of benzene rings is 1. The van der Waals surface area contributed by atoms with Gasteiger partial charge in [0.25, 0.3) is 0 Å². The van der Waals surface area contributed by atoms with Crippen LogP contribution in [-0.2, 0) is 0 Å². The van der Waals surface area contributed by atoms with Crippen LogP contribution in [0, 0.1) is 0 Å². The zero-order chi connectivity index (χ0) is 14.4. The molecule has 1 heterocycles. The minimum Gasteiger partial charge on any atom is -0.313 e. The maximum absolute atomic E-state index is 6.10. The van der Waals surface area contributed by atoms with Crippen LogP contribution in [0.3, 0.4) is 0 Å². The Hall–Kier alpha value is -0.570. The first kappa shape index (κ1) is 15.8. The Morgan fingerprint density at radius 3 is 2.95 bits per heavy atom. The van der Waals surface area contributed by atoms with E-state index in [4.69, 9.17) is 11.6 Å². The highest BCUT2D eigenvalue weighted by Crippen LogP contribution is 2.22. The van der Waals surface area contributed by atoms with E-state index in [1.807, 2.05) is 19.2 Å². The summed E-state index contributed by atoms with van der Waals surface area (Å²) in [5.74, 6) is 0. The fourth-order valence-corrected chi connectivity index (χ4v) is 3.36. The first-order chi connectivity index (χ1) is 9.70. The molecule has 1 N–H and O–H groups in total. The Morgan fingerprint density at radius 1 is 1.35 bits per heavy atom. The molecule has 3 heteroatoms. The van der Waals surface area contributed by atoms with Gasteiger partial charge in [-0.05, 0) is 57.5 Å². The highest BCUT2D eigenvalue weighted by molar-refractivity contribution is 6.30. The highest BCUT2D eigenvalue weighted by atomic mass is 35.5. The van der Waals surface area contributed by atoms with Gasteiger partial charge in [0.1, 0.15) is 0 Å². The van der Waals surface area contributed by atoms with Gasteiger partial charge in [0, 0.05) is 23.7 Å². The van der Waals surface area contributed by atoms with Crippen molar-refractivity contribution in [1.29, 1.82) is 0 Å². The third-order valence-electron chi connectivity index (χ3n) is 4.50. The molecule has 2 rings (SSSR count). The Morgan fingerprint density at radius 2 is 2.20 bits per heavy atom. The molecular weight excluding hydrogens is 268 g/mol. The van der Waals surface area contributed by atoms with Gasteiger partial charge in [-0.3, -0.25) is 0 Å². The first-order valence-corrected chi connectivity index (χ1v) is 8.25. The van der Waals surface area contributed by atoms with Gasteiger partial charge in [-0.2, -0.15) is 0 Å². The van der Waals surface area contributed by atoms with Gasteiger partial charge in [0.2, 0.25) is 0 Å². The fourth-order valence-electron chi connectivity index (χ4n) is 3.16. The van der Waals surface area contributed by atoms with Gasteiger partial charge in [-0.25, -0.2) is 0 Å². The molecule has 20 heavy (non-hydrogen) atoms. The van der Waals surface area contributed by atoms with E-state index in [0.717, 1.165) is 17.5 Å². The van der Waals surface area contributed by atoms with Crippen molar-refractivity contribution >= 4 is 11.6 Å². The van der Waals surface area contributed by atoms with Crippen molar-refractivity contribution in [3.63, 3.8) is 0 Å². The molecule has 1 aliphatic rings. The summed E-state index contributed by atoms with van der Waals surface area (Å²) in [5, 5.41) is 4.26. The van der Waals surface area contributed by atoms with E-state index in [1.165, 1.54) is 44.3 Å². The number of likely N-dealkylation sites (tertiary alicyclic amines) is 1. The molecule has 2 atom stereocenters. The van der Waals surface area contributed by atoms with E-state index >= 15 is 0 Å². The van der Waals surface area contributed by atoms with Gasteiger partial charge in [-0.15, -0.1) is 0 Å². The first-order valence-electron chi connectivity index (χ1n) is 7.87. The van der Waals surface area contributed by atoms with E-state index in [2.05, 4.69) is 29.3 Å². The number of hydrogen-bond acceptors (Lipinski definition) is 2. The summed E-state index contributed by atoms with van der Waals surface area (Å²) in [7, 11) is 2.04.